The van der Waals surface area contributed by atoms with Gasteiger partial charge < -0.3 is 14.8 Å². The second-order valence-corrected chi connectivity index (χ2v) is 8.73. The number of benzene rings is 2. The summed E-state index contributed by atoms with van der Waals surface area (Å²) in [6.45, 7) is 0. The number of ether oxygens (including phenoxy) is 2. The minimum Gasteiger partial charge on any atom is -0.493 e. The number of amides is 2. The lowest BCUT2D eigenvalue weighted by molar-refractivity contribution is -0.123. The lowest BCUT2D eigenvalue weighted by Gasteiger charge is -2.33. The van der Waals surface area contributed by atoms with Crippen LogP contribution in [0.25, 0.3) is 0 Å². The van der Waals surface area contributed by atoms with Crippen LogP contribution in [0.5, 0.6) is 11.5 Å². The highest BCUT2D eigenvalue weighted by atomic mass is 19.1. The molecule has 2 aromatic carbocycles. The number of carbonyl (C=O) groups is 2. The molecule has 1 fully saturated rings. The second kappa shape index (κ2) is 11.7. The topological polar surface area (TPSA) is 80.8 Å². The van der Waals surface area contributed by atoms with Gasteiger partial charge in [0.15, 0.2) is 11.5 Å². The molecule has 7 nitrogen and oxygen atoms in total. The predicted octanol–water partition coefficient (Wildman–Crippen LogP) is 5.07. The standard InChI is InChI=1S/C28H30FN3O4/c1-35-24-15-14-19(17-25(24)36-2)26(27(33)31-21-10-4-3-5-11-21)32(22-12-8-9-20(29)18-22)28(34)23-13-6-7-16-30-23/h6-9,12-18,21,26H,3-5,10-11H2,1-2H3,(H,31,33)/t26-/m1/s1. The SMILES string of the molecule is COc1ccc([C@H](C(=O)NC2CCCCC2)N(C(=O)c2ccccn2)c2cccc(F)c2)cc1OC. The molecule has 0 bridgehead atoms. The van der Waals surface area contributed by atoms with Gasteiger partial charge in [-0.25, -0.2) is 4.39 Å². The molecule has 1 aliphatic carbocycles. The van der Waals surface area contributed by atoms with E-state index in [1.807, 2.05) is 0 Å². The van der Waals surface area contributed by atoms with Crippen molar-refractivity contribution < 1.29 is 23.5 Å². The first kappa shape index (κ1) is 25.2. The lowest BCUT2D eigenvalue weighted by Crippen LogP contribution is -2.47. The summed E-state index contributed by atoms with van der Waals surface area (Å²) in [6, 6.07) is 14.6. The zero-order valence-electron chi connectivity index (χ0n) is 20.4. The summed E-state index contributed by atoms with van der Waals surface area (Å²) in [7, 11) is 3.02. The van der Waals surface area contributed by atoms with Gasteiger partial charge in [0, 0.05) is 17.9 Å². The van der Waals surface area contributed by atoms with Gasteiger partial charge in [-0.2, -0.15) is 0 Å². The fourth-order valence-electron chi connectivity index (χ4n) is 4.59. The summed E-state index contributed by atoms with van der Waals surface area (Å²) in [5.74, 6) is -0.511. The van der Waals surface area contributed by atoms with Crippen molar-refractivity contribution >= 4 is 17.5 Å². The Morgan fingerprint density at radius 3 is 2.42 bits per heavy atom. The first-order valence-corrected chi connectivity index (χ1v) is 12.0. The molecule has 1 saturated carbocycles. The van der Waals surface area contributed by atoms with E-state index in [1.165, 1.54) is 43.5 Å². The van der Waals surface area contributed by atoms with E-state index in [9.17, 15) is 14.0 Å². The van der Waals surface area contributed by atoms with E-state index < -0.39 is 17.8 Å². The third-order valence-corrected chi connectivity index (χ3v) is 6.37. The molecule has 1 atom stereocenters. The summed E-state index contributed by atoms with van der Waals surface area (Å²) < 4.78 is 25.2. The third-order valence-electron chi connectivity index (χ3n) is 6.37. The molecule has 0 unspecified atom stereocenters. The molecule has 2 amide bonds. The number of halogens is 1. The Labute approximate surface area is 210 Å². The van der Waals surface area contributed by atoms with E-state index in [2.05, 4.69) is 10.3 Å². The van der Waals surface area contributed by atoms with Crippen LogP contribution in [0.4, 0.5) is 10.1 Å². The number of carbonyl (C=O) groups excluding carboxylic acids is 2. The molecule has 188 valence electrons. The largest absolute Gasteiger partial charge is 0.493 e. The third kappa shape index (κ3) is 5.64. The van der Waals surface area contributed by atoms with E-state index >= 15 is 0 Å². The maximum absolute atomic E-state index is 14.4. The molecule has 1 aromatic heterocycles. The Balaban J connectivity index is 1.85. The van der Waals surface area contributed by atoms with E-state index in [4.69, 9.17) is 9.47 Å². The van der Waals surface area contributed by atoms with Crippen molar-refractivity contribution in [3.8, 4) is 11.5 Å². The maximum atomic E-state index is 14.4. The van der Waals surface area contributed by atoms with E-state index in [0.29, 0.717) is 17.1 Å². The Kier molecular flexibility index (Phi) is 8.15. The summed E-state index contributed by atoms with van der Waals surface area (Å²) in [4.78, 5) is 33.3. The zero-order chi connectivity index (χ0) is 25.5. The molecule has 0 spiro atoms. The monoisotopic (exact) mass is 491 g/mol. The molecular weight excluding hydrogens is 461 g/mol. The smallest absolute Gasteiger partial charge is 0.277 e. The zero-order valence-corrected chi connectivity index (χ0v) is 20.4. The van der Waals surface area contributed by atoms with Gasteiger partial charge in [-0.05, 0) is 60.9 Å². The molecule has 4 rings (SSSR count). The molecule has 0 radical (unpaired) electrons. The number of nitrogens with zero attached hydrogens (tertiary/aromatic N) is 2. The number of methoxy groups -OCH3 is 2. The molecule has 1 heterocycles. The number of nitrogens with one attached hydrogen (secondary N) is 1. The molecule has 1 N–H and O–H groups in total. The first-order valence-electron chi connectivity index (χ1n) is 12.0. The lowest BCUT2D eigenvalue weighted by atomic mass is 9.94. The van der Waals surface area contributed by atoms with E-state index in [0.717, 1.165) is 32.1 Å². The molecule has 0 saturated heterocycles. The van der Waals surface area contributed by atoms with Crippen LogP contribution >= 0.6 is 0 Å². The summed E-state index contributed by atoms with van der Waals surface area (Å²) in [6.07, 6.45) is 6.46. The molecular formula is C28H30FN3O4. The fourth-order valence-corrected chi connectivity index (χ4v) is 4.59. The van der Waals surface area contributed by atoms with Crippen LogP contribution in [0.2, 0.25) is 0 Å². The second-order valence-electron chi connectivity index (χ2n) is 8.73. The highest BCUT2D eigenvalue weighted by molar-refractivity contribution is 6.09. The Morgan fingerprint density at radius 1 is 0.972 bits per heavy atom. The summed E-state index contributed by atoms with van der Waals surface area (Å²) in [5, 5.41) is 3.14. The van der Waals surface area contributed by atoms with Crippen LogP contribution in [-0.2, 0) is 4.79 Å². The van der Waals surface area contributed by atoms with E-state index in [1.54, 1.807) is 42.5 Å². The van der Waals surface area contributed by atoms with Crippen LogP contribution in [0, 0.1) is 5.82 Å². The normalized spacial score (nSPS) is 14.5. The van der Waals surface area contributed by atoms with Gasteiger partial charge in [0.1, 0.15) is 17.6 Å². The molecule has 0 aliphatic heterocycles. The number of hydrogen-bond donors (Lipinski definition) is 1. The summed E-state index contributed by atoms with van der Waals surface area (Å²) >= 11 is 0. The first-order chi connectivity index (χ1) is 17.5. The Hall–Kier alpha value is -3.94. The number of anilines is 1. The number of aromatic nitrogens is 1. The van der Waals surface area contributed by atoms with Gasteiger partial charge in [0.05, 0.1) is 14.2 Å². The van der Waals surface area contributed by atoms with Crippen LogP contribution < -0.4 is 19.7 Å². The number of rotatable bonds is 8. The van der Waals surface area contributed by atoms with Crippen molar-refractivity contribution in [3.63, 3.8) is 0 Å². The molecule has 8 heteroatoms. The highest BCUT2D eigenvalue weighted by Gasteiger charge is 2.35. The molecule has 1 aliphatic rings. The quantitative estimate of drug-likeness (QED) is 0.476. The average Bonchev–Trinajstić information content (AvgIpc) is 2.92. The van der Waals surface area contributed by atoms with Crippen molar-refractivity contribution in [2.24, 2.45) is 0 Å². The maximum Gasteiger partial charge on any atom is 0.277 e. The van der Waals surface area contributed by atoms with Crippen LogP contribution in [0.1, 0.15) is 54.2 Å². The van der Waals surface area contributed by atoms with Crippen molar-refractivity contribution in [2.45, 2.75) is 44.2 Å². The number of pyridine rings is 1. The predicted molar refractivity (Wildman–Crippen MR) is 135 cm³/mol. The Morgan fingerprint density at radius 2 is 1.75 bits per heavy atom. The van der Waals surface area contributed by atoms with Crippen molar-refractivity contribution in [3.05, 3.63) is 83.9 Å². The van der Waals surface area contributed by atoms with Gasteiger partial charge in [0.2, 0.25) is 5.91 Å². The van der Waals surface area contributed by atoms with Crippen molar-refractivity contribution in [1.82, 2.24) is 10.3 Å². The van der Waals surface area contributed by atoms with Gasteiger partial charge in [-0.15, -0.1) is 0 Å². The molecule has 36 heavy (non-hydrogen) atoms. The van der Waals surface area contributed by atoms with Crippen molar-refractivity contribution in [1.29, 1.82) is 0 Å². The minimum atomic E-state index is -1.11. The molecule has 3 aromatic rings. The van der Waals surface area contributed by atoms with Gasteiger partial charge in [-0.1, -0.05) is 37.5 Å². The number of hydrogen-bond acceptors (Lipinski definition) is 5. The average molecular weight is 492 g/mol. The van der Waals surface area contributed by atoms with E-state index in [-0.39, 0.29) is 23.3 Å². The van der Waals surface area contributed by atoms with Crippen LogP contribution in [0.15, 0.2) is 66.9 Å². The van der Waals surface area contributed by atoms with Gasteiger partial charge >= 0.3 is 0 Å². The fraction of sp³-hybridized carbons (Fsp3) is 0.321. The van der Waals surface area contributed by atoms with Crippen molar-refractivity contribution in [2.75, 3.05) is 19.1 Å². The Bertz CT molecular complexity index is 1200. The minimum absolute atomic E-state index is 0.00760. The van der Waals surface area contributed by atoms with Gasteiger partial charge in [0.25, 0.3) is 5.91 Å². The van der Waals surface area contributed by atoms with Gasteiger partial charge in [-0.3, -0.25) is 19.5 Å². The van der Waals surface area contributed by atoms with Crippen LogP contribution in [0.3, 0.4) is 0 Å². The van der Waals surface area contributed by atoms with Crippen LogP contribution in [-0.4, -0.2) is 37.1 Å². The summed E-state index contributed by atoms with van der Waals surface area (Å²) in [5.41, 5.74) is 0.872. The highest BCUT2D eigenvalue weighted by Crippen LogP contribution is 2.35.